The molecule has 0 radical (unpaired) electrons. The van der Waals surface area contributed by atoms with Crippen LogP contribution in [0.2, 0.25) is 0 Å². The fourth-order valence-corrected chi connectivity index (χ4v) is 3.08. The second-order valence-electron chi connectivity index (χ2n) is 5.96. The van der Waals surface area contributed by atoms with Crippen LogP contribution in [0.3, 0.4) is 0 Å². The van der Waals surface area contributed by atoms with Gasteiger partial charge in [0.15, 0.2) is 10.7 Å². The number of hydrogen-bond acceptors (Lipinski definition) is 7. The van der Waals surface area contributed by atoms with Gasteiger partial charge in [-0.15, -0.1) is 11.3 Å². The van der Waals surface area contributed by atoms with Crippen LogP contribution < -0.4 is 5.32 Å². The van der Waals surface area contributed by atoms with Crippen molar-refractivity contribution in [1.82, 2.24) is 10.3 Å². The molecule has 1 amide bonds. The molecule has 0 aliphatic carbocycles. The molecule has 1 heterocycles. The number of Topliss-reactive ketones (excluding diaryl/α,β-unsaturated/α-hetero) is 1. The Labute approximate surface area is 161 Å². The molecule has 0 aliphatic rings. The molecule has 2 atom stereocenters. The minimum Gasteiger partial charge on any atom is -0.464 e. The lowest BCUT2D eigenvalue weighted by Crippen LogP contribution is -2.45. The zero-order valence-electron chi connectivity index (χ0n) is 15.4. The number of carbonyl (C=O) groups is 3. The van der Waals surface area contributed by atoms with Crippen molar-refractivity contribution in [3.05, 3.63) is 52.0 Å². The van der Waals surface area contributed by atoms with Crippen LogP contribution in [0.1, 0.15) is 46.1 Å². The maximum absolute atomic E-state index is 12.8. The number of esters is 1. The van der Waals surface area contributed by atoms with Crippen LogP contribution in [0.25, 0.3) is 0 Å². The van der Waals surface area contributed by atoms with Crippen molar-refractivity contribution in [1.29, 1.82) is 0 Å². The number of alkyl carbamates (subject to hydrolysis) is 1. The highest BCUT2D eigenvalue weighted by atomic mass is 32.1. The third-order valence-corrected chi connectivity index (χ3v) is 4.95. The van der Waals surface area contributed by atoms with Gasteiger partial charge in [0, 0.05) is 5.38 Å². The summed E-state index contributed by atoms with van der Waals surface area (Å²) >= 11 is 1.04. The third kappa shape index (κ3) is 5.62. The van der Waals surface area contributed by atoms with Gasteiger partial charge in [0.1, 0.15) is 12.6 Å². The number of methoxy groups -OCH3 is 1. The predicted molar refractivity (Wildman–Crippen MR) is 101 cm³/mol. The highest BCUT2D eigenvalue weighted by molar-refractivity contribution is 7.12. The van der Waals surface area contributed by atoms with Crippen molar-refractivity contribution < 1.29 is 23.9 Å². The third-order valence-electron chi connectivity index (χ3n) is 4.09. The lowest BCUT2D eigenvalue weighted by molar-refractivity contribution is 0.0594. The summed E-state index contributed by atoms with van der Waals surface area (Å²) in [6.45, 7) is 3.89. The molecule has 1 aromatic heterocycles. The lowest BCUT2D eigenvalue weighted by Gasteiger charge is -2.21. The van der Waals surface area contributed by atoms with Gasteiger partial charge in [-0.3, -0.25) is 4.79 Å². The standard InChI is InChI=1S/C19H22N2O5S/c1-4-12(2)15(16(22)17-20-14(11-27-17)18(23)25-3)21-19(24)26-10-13-8-6-5-7-9-13/h5-9,11-12,15H,4,10H2,1-3H3,(H,21,24)/t12-,15-/m0/s1. The van der Waals surface area contributed by atoms with Crippen LogP contribution in [-0.4, -0.2) is 36.0 Å². The van der Waals surface area contributed by atoms with E-state index in [1.165, 1.54) is 12.5 Å². The first-order valence-electron chi connectivity index (χ1n) is 8.51. The van der Waals surface area contributed by atoms with Crippen molar-refractivity contribution in [2.75, 3.05) is 7.11 Å². The highest BCUT2D eigenvalue weighted by Crippen LogP contribution is 2.18. The number of amides is 1. The van der Waals surface area contributed by atoms with Gasteiger partial charge in [-0.05, 0) is 11.5 Å². The largest absolute Gasteiger partial charge is 0.464 e. The Hall–Kier alpha value is -2.74. The Morgan fingerprint density at radius 3 is 2.56 bits per heavy atom. The van der Waals surface area contributed by atoms with Gasteiger partial charge in [0.25, 0.3) is 0 Å². The Bertz CT molecular complexity index is 790. The number of ether oxygens (including phenoxy) is 2. The first-order valence-corrected chi connectivity index (χ1v) is 9.39. The molecule has 1 aromatic carbocycles. The lowest BCUT2D eigenvalue weighted by atomic mass is 9.96. The summed E-state index contributed by atoms with van der Waals surface area (Å²) in [4.78, 5) is 40.5. The normalized spacial score (nSPS) is 12.7. The molecule has 144 valence electrons. The molecule has 2 rings (SSSR count). The van der Waals surface area contributed by atoms with E-state index in [2.05, 4.69) is 15.0 Å². The monoisotopic (exact) mass is 390 g/mol. The van der Waals surface area contributed by atoms with E-state index in [1.54, 1.807) is 0 Å². The van der Waals surface area contributed by atoms with Gasteiger partial charge >= 0.3 is 12.1 Å². The fourth-order valence-electron chi connectivity index (χ4n) is 2.31. The van der Waals surface area contributed by atoms with E-state index in [4.69, 9.17) is 4.74 Å². The molecule has 0 fully saturated rings. The second kappa shape index (κ2) is 9.82. The molecule has 7 nitrogen and oxygen atoms in total. The van der Waals surface area contributed by atoms with Crippen molar-refractivity contribution in [3.63, 3.8) is 0 Å². The van der Waals surface area contributed by atoms with Crippen LogP contribution in [0, 0.1) is 5.92 Å². The van der Waals surface area contributed by atoms with Crippen LogP contribution in [0.15, 0.2) is 35.7 Å². The molecule has 0 unspecified atom stereocenters. The number of hydrogen-bond donors (Lipinski definition) is 1. The molecular formula is C19H22N2O5S. The quantitative estimate of drug-likeness (QED) is 0.548. The first-order chi connectivity index (χ1) is 13.0. The van der Waals surface area contributed by atoms with E-state index in [0.717, 1.165) is 16.9 Å². The number of rotatable bonds is 8. The van der Waals surface area contributed by atoms with E-state index in [0.29, 0.717) is 6.42 Å². The summed E-state index contributed by atoms with van der Waals surface area (Å²) in [5.74, 6) is -1.10. The van der Waals surface area contributed by atoms with Crippen LogP contribution >= 0.6 is 11.3 Å². The summed E-state index contributed by atoms with van der Waals surface area (Å²) in [6.07, 6.45) is -0.00724. The van der Waals surface area contributed by atoms with E-state index in [-0.39, 0.29) is 29.0 Å². The molecule has 8 heteroatoms. The van der Waals surface area contributed by atoms with E-state index < -0.39 is 18.1 Å². The van der Waals surface area contributed by atoms with Crippen molar-refractivity contribution in [2.45, 2.75) is 32.9 Å². The number of nitrogens with zero attached hydrogens (tertiary/aromatic N) is 1. The maximum Gasteiger partial charge on any atom is 0.408 e. The van der Waals surface area contributed by atoms with Crippen LogP contribution in [-0.2, 0) is 16.1 Å². The molecule has 0 aliphatic heterocycles. The molecule has 27 heavy (non-hydrogen) atoms. The molecule has 2 aromatic rings. The average Bonchev–Trinajstić information content (AvgIpc) is 3.19. The number of ketones is 1. The summed E-state index contributed by atoms with van der Waals surface area (Å²) in [5, 5.41) is 4.23. The van der Waals surface area contributed by atoms with Crippen molar-refractivity contribution >= 4 is 29.2 Å². The Morgan fingerprint density at radius 1 is 1.22 bits per heavy atom. The van der Waals surface area contributed by atoms with E-state index in [9.17, 15) is 14.4 Å². The van der Waals surface area contributed by atoms with E-state index >= 15 is 0 Å². The maximum atomic E-state index is 12.8. The summed E-state index contributed by atoms with van der Waals surface area (Å²) < 4.78 is 9.81. The minimum absolute atomic E-state index is 0.0698. The Morgan fingerprint density at radius 2 is 1.93 bits per heavy atom. The van der Waals surface area contributed by atoms with Crippen molar-refractivity contribution in [3.8, 4) is 0 Å². The molecule has 0 saturated heterocycles. The van der Waals surface area contributed by atoms with Gasteiger partial charge < -0.3 is 14.8 Å². The van der Waals surface area contributed by atoms with Crippen LogP contribution in [0.5, 0.6) is 0 Å². The zero-order chi connectivity index (χ0) is 19.8. The molecule has 0 saturated carbocycles. The predicted octanol–water partition coefficient (Wildman–Crippen LogP) is 3.45. The first kappa shape index (κ1) is 20.6. The summed E-state index contributed by atoms with van der Waals surface area (Å²) in [7, 11) is 1.25. The molecule has 0 spiro atoms. The van der Waals surface area contributed by atoms with Gasteiger partial charge in [0.05, 0.1) is 7.11 Å². The van der Waals surface area contributed by atoms with Crippen LogP contribution in [0.4, 0.5) is 4.79 Å². The number of benzene rings is 1. The van der Waals surface area contributed by atoms with Crippen molar-refractivity contribution in [2.24, 2.45) is 5.92 Å². The number of thiazole rings is 1. The van der Waals surface area contributed by atoms with E-state index in [1.807, 2.05) is 44.2 Å². The Balaban J connectivity index is 2.05. The average molecular weight is 390 g/mol. The Kier molecular flexibility index (Phi) is 7.48. The minimum atomic E-state index is -0.796. The number of nitrogens with one attached hydrogen (secondary N) is 1. The van der Waals surface area contributed by atoms with Gasteiger partial charge in [-0.25, -0.2) is 14.6 Å². The SMILES string of the molecule is CC[C@H](C)[C@H](NC(=O)OCc1ccccc1)C(=O)c1nc(C(=O)OC)cs1. The molecule has 1 N–H and O–H groups in total. The molecular weight excluding hydrogens is 368 g/mol. The van der Waals surface area contributed by atoms with Gasteiger partial charge in [-0.1, -0.05) is 50.6 Å². The molecule has 0 bridgehead atoms. The topological polar surface area (TPSA) is 94.6 Å². The summed E-state index contributed by atoms with van der Waals surface area (Å²) in [6, 6.07) is 8.46. The smallest absolute Gasteiger partial charge is 0.408 e. The number of aromatic nitrogens is 1. The highest BCUT2D eigenvalue weighted by Gasteiger charge is 2.30. The second-order valence-corrected chi connectivity index (χ2v) is 6.82. The van der Waals surface area contributed by atoms with Gasteiger partial charge in [0.2, 0.25) is 5.78 Å². The van der Waals surface area contributed by atoms with Gasteiger partial charge in [-0.2, -0.15) is 0 Å². The fraction of sp³-hybridized carbons (Fsp3) is 0.368. The number of carbonyl (C=O) groups excluding carboxylic acids is 3. The summed E-state index contributed by atoms with van der Waals surface area (Å²) in [5.41, 5.74) is 0.919. The zero-order valence-corrected chi connectivity index (χ0v) is 16.2.